The Morgan fingerprint density at radius 3 is 0.960 bits per heavy atom. The molecule has 0 aromatic rings. The monoisotopic (exact) mass is 1820 g/mol. The molecule has 9 saturated heterocycles. The largest absolute Gasteiger partial charge is 0.477 e. The number of carbonyl (C=O) groups excluding carboxylic acids is 4. The Hall–Kier alpha value is -4.94. The van der Waals surface area contributed by atoms with Gasteiger partial charge in [0.15, 0.2) is 44.0 Å². The predicted molar refractivity (Wildman–Crippen MR) is 378 cm³/mol. The van der Waals surface area contributed by atoms with Crippen LogP contribution in [-0.4, -0.2) is 530 Å². The molecule has 4 amide bonds. The van der Waals surface area contributed by atoms with Crippen LogP contribution in [0.4, 0.5) is 0 Å². The first kappa shape index (κ1) is 103. The van der Waals surface area contributed by atoms with Crippen LogP contribution in [0.3, 0.4) is 0 Å². The van der Waals surface area contributed by atoms with Gasteiger partial charge in [-0.25, -0.2) is 9.59 Å². The van der Waals surface area contributed by atoms with E-state index in [0.717, 1.165) is 27.7 Å². The number of ether oxygens (including phenoxy) is 17. The minimum atomic E-state index is -3.33. The van der Waals surface area contributed by atoms with E-state index in [2.05, 4.69) is 21.3 Å². The summed E-state index contributed by atoms with van der Waals surface area (Å²) in [6.07, 6.45) is -94.8. The van der Waals surface area contributed by atoms with Crippen LogP contribution in [0.5, 0.6) is 0 Å². The second-order valence-electron chi connectivity index (χ2n) is 31.0. The molecule has 9 aliphatic rings. The van der Waals surface area contributed by atoms with Gasteiger partial charge in [-0.15, -0.1) is 0 Å². The Bertz CT molecular complexity index is 3450. The fourth-order valence-electron chi connectivity index (χ4n) is 15.9. The molecule has 0 radical (unpaired) electrons. The number of hydrogen-bond acceptors (Lipinski definition) is 50. The number of carbonyl (C=O) groups is 6. The topological polar surface area (TPSA) is 894 Å². The van der Waals surface area contributed by atoms with Crippen molar-refractivity contribution in [1.82, 2.24) is 21.3 Å². The van der Waals surface area contributed by atoms with E-state index < -0.39 is 395 Å². The van der Waals surface area contributed by atoms with Crippen LogP contribution in [0.25, 0.3) is 0 Å². The minimum Gasteiger partial charge on any atom is -0.477 e. The highest BCUT2D eigenvalue weighted by Gasteiger charge is 2.65. The fraction of sp³-hybridized carbons (Fsp3) is 0.912. The predicted octanol–water partition coefficient (Wildman–Crippen LogP) is -21.6. The molecular weight excluding hydrogens is 1700 g/mol. The highest BCUT2D eigenvalue weighted by atomic mass is 16.8. The van der Waals surface area contributed by atoms with Gasteiger partial charge in [0.2, 0.25) is 23.6 Å². The second-order valence-corrected chi connectivity index (χ2v) is 31.0. The molecule has 47 atom stereocenters. The lowest BCUT2D eigenvalue weighted by atomic mass is 9.88. The number of aliphatic hydroxyl groups is 27. The maximum Gasteiger partial charge on any atom is 0.364 e. The molecule has 9 aliphatic heterocycles. The lowest BCUT2D eigenvalue weighted by molar-refractivity contribution is -0.395. The van der Waals surface area contributed by atoms with E-state index in [-0.39, 0.29) is 0 Å². The molecule has 0 unspecified atom stereocenters. The average molecular weight is 1820 g/mol. The van der Waals surface area contributed by atoms with E-state index in [0.29, 0.717) is 0 Å². The summed E-state index contributed by atoms with van der Waals surface area (Å²) in [5, 5.41) is 331. The van der Waals surface area contributed by atoms with Gasteiger partial charge >= 0.3 is 11.9 Å². The van der Waals surface area contributed by atoms with Crippen molar-refractivity contribution in [2.45, 2.75) is 328 Å². The summed E-state index contributed by atoms with van der Waals surface area (Å²) >= 11 is 0. The molecular formula is C68H112N4O52. The summed E-state index contributed by atoms with van der Waals surface area (Å²) in [5.41, 5.74) is 0. The van der Waals surface area contributed by atoms with Gasteiger partial charge in [0, 0.05) is 40.5 Å². The summed E-state index contributed by atoms with van der Waals surface area (Å²) in [5.74, 6) is -14.9. The van der Waals surface area contributed by atoms with Crippen molar-refractivity contribution < 1.29 is 257 Å². The van der Waals surface area contributed by atoms with Gasteiger partial charge in [-0.3, -0.25) is 19.2 Å². The van der Waals surface area contributed by atoms with Crippen molar-refractivity contribution in [3.05, 3.63) is 0 Å². The third-order valence-electron chi connectivity index (χ3n) is 22.3. The Morgan fingerprint density at radius 1 is 0.331 bits per heavy atom. The van der Waals surface area contributed by atoms with Crippen LogP contribution in [-0.2, 0) is 109 Å². The van der Waals surface area contributed by atoms with E-state index in [4.69, 9.17) is 80.5 Å². The van der Waals surface area contributed by atoms with E-state index in [1.807, 2.05) is 0 Å². The molecule has 9 rings (SSSR count). The third-order valence-corrected chi connectivity index (χ3v) is 22.3. The van der Waals surface area contributed by atoms with Crippen molar-refractivity contribution in [2.24, 2.45) is 0 Å². The van der Waals surface area contributed by atoms with Gasteiger partial charge in [0.1, 0.15) is 207 Å². The molecule has 716 valence electrons. The lowest BCUT2D eigenvalue weighted by Crippen LogP contribution is -2.71. The first-order chi connectivity index (χ1) is 58.3. The molecule has 0 bridgehead atoms. The van der Waals surface area contributed by atoms with Crippen molar-refractivity contribution in [3.63, 3.8) is 0 Å². The summed E-state index contributed by atoms with van der Waals surface area (Å²) in [7, 11) is 0. The first-order valence-corrected chi connectivity index (χ1v) is 38.9. The summed E-state index contributed by atoms with van der Waals surface area (Å²) in [6.45, 7) is -7.36. The molecule has 0 aromatic carbocycles. The standard InChI is InChI=1S/C68H112N4O52/c1-16(81)69-31-20(85)5-67(65(104)105,121-52(31)35(89)22(87)7-73)123-56-38(92)25(10-76)111-63(47(56)101)116-49-28(13-79)113-59(33(41(49)95)71-18(3)83)108-15-30-40(94)55(46(100)62(115-30)120-54-37(91)24(9-75)110-61(45(54)99)118-51-27(12-78)109-58(103)44(98)43(51)97)119-60-34(72-19(4)84)42(96)50(29(14-80)114-60)117-64-48(102)57(39(93)26(11-77)112-64)124-68(66(106)107)6-21(86)32(70-17(2)82)53(122-68)36(90)23(88)8-74/h20-64,73-80,85-103H,5-15H2,1-4H3,(H,69,81)(H,70,82)(H,71,83)(H,72,84)(H,104,105)(H,106,107)/t20-,21-,22+,23+,24+,25+,26+,27+,28+,29+,30+,31+,32+,33+,34-,35+,36+,37-,38-,39-,40-,41+,42+,43+,44+,45+,46+,47+,48+,49+,50+,51+,52+,53+,54-,55-,56-,57-,58+,59+,60-,61-,62-,63-,64-,67-,68-/m0/s1. The lowest BCUT2D eigenvalue weighted by Gasteiger charge is -2.51. The number of nitrogens with one attached hydrogen (secondary N) is 4. The van der Waals surface area contributed by atoms with Gasteiger partial charge in [0.25, 0.3) is 11.6 Å². The Balaban J connectivity index is 1.01. The minimum absolute atomic E-state index is 0.847. The summed E-state index contributed by atoms with van der Waals surface area (Å²) in [4.78, 5) is 77.4. The van der Waals surface area contributed by atoms with Crippen molar-refractivity contribution in [2.75, 3.05) is 59.5 Å². The third kappa shape index (κ3) is 22.3. The molecule has 0 saturated carbocycles. The summed E-state index contributed by atoms with van der Waals surface area (Å²) in [6, 6.07) is -7.70. The van der Waals surface area contributed by atoms with Gasteiger partial charge in [0.05, 0.1) is 83.8 Å². The van der Waals surface area contributed by atoms with Crippen molar-refractivity contribution >= 4 is 35.6 Å². The van der Waals surface area contributed by atoms with Crippen LogP contribution in [0.1, 0.15) is 40.5 Å². The summed E-state index contributed by atoms with van der Waals surface area (Å²) < 4.78 is 98.9. The molecule has 9 heterocycles. The van der Waals surface area contributed by atoms with Crippen LogP contribution in [0.15, 0.2) is 0 Å². The van der Waals surface area contributed by atoms with E-state index in [1.165, 1.54) is 0 Å². The molecule has 0 aliphatic carbocycles. The Morgan fingerprint density at radius 2 is 0.613 bits per heavy atom. The Kier molecular flexibility index (Phi) is 36.4. The second kappa shape index (κ2) is 43.9. The number of rotatable bonds is 35. The number of carboxylic acid groups (broad SMARTS) is 2. The molecule has 56 heteroatoms. The van der Waals surface area contributed by atoms with E-state index in [1.54, 1.807) is 0 Å². The quantitative estimate of drug-likeness (QED) is 0.0280. The zero-order chi connectivity index (χ0) is 92.1. The van der Waals surface area contributed by atoms with Gasteiger partial charge < -0.3 is 250 Å². The molecule has 33 N–H and O–H groups in total. The highest BCUT2D eigenvalue weighted by Crippen LogP contribution is 2.43. The van der Waals surface area contributed by atoms with Gasteiger partial charge in [-0.1, -0.05) is 0 Å². The molecule has 0 spiro atoms. The van der Waals surface area contributed by atoms with E-state index >= 15 is 0 Å². The number of aliphatic carboxylic acids is 2. The highest BCUT2D eigenvalue weighted by molar-refractivity contribution is 5.78. The van der Waals surface area contributed by atoms with Crippen LogP contribution < -0.4 is 21.3 Å². The number of carboxylic acids is 2. The van der Waals surface area contributed by atoms with Crippen molar-refractivity contribution in [1.29, 1.82) is 0 Å². The smallest absolute Gasteiger partial charge is 0.364 e. The fourth-order valence-corrected chi connectivity index (χ4v) is 15.9. The zero-order valence-electron chi connectivity index (χ0n) is 66.1. The van der Waals surface area contributed by atoms with E-state index in [9.17, 15) is 177 Å². The number of amides is 4. The normalized spacial score (nSPS) is 46.3. The van der Waals surface area contributed by atoms with Crippen LogP contribution in [0.2, 0.25) is 0 Å². The molecule has 124 heavy (non-hydrogen) atoms. The van der Waals surface area contributed by atoms with Crippen molar-refractivity contribution in [3.8, 4) is 0 Å². The first-order valence-electron chi connectivity index (χ1n) is 38.9. The van der Waals surface area contributed by atoms with Gasteiger partial charge in [-0.2, -0.15) is 0 Å². The maximum atomic E-state index is 13.3. The van der Waals surface area contributed by atoms with Gasteiger partial charge in [-0.05, 0) is 0 Å². The zero-order valence-corrected chi connectivity index (χ0v) is 66.1. The average Bonchev–Trinajstić information content (AvgIpc) is 0.753. The molecule has 56 nitrogen and oxygen atoms in total. The number of aliphatic hydroxyl groups excluding tert-OH is 27. The Labute approximate surface area is 699 Å². The van der Waals surface area contributed by atoms with Crippen LogP contribution in [0, 0.1) is 0 Å². The van der Waals surface area contributed by atoms with Crippen LogP contribution >= 0.6 is 0 Å². The molecule has 0 aromatic heterocycles. The SMILES string of the molecule is CC(=O)N[C@@H]1[C@H](O[C@H]2[C@@H](O)[C@@H](CO[C@@H]3O[C@H](CO)[C@@H](O[C@@H]4O[C@H](CO)[C@H](O)[C@H](O[C@]5(C(=O)O)C[C@H](O)[C@@H](NC(C)=O)[C@H]([C@H](O)[C@H](O)CO)O5)[C@H]4O)[C@H](O)[C@H]3NC(C)=O)O[C@@H](O[C@H]3[C@@H](O)[C@@H](CO)O[C@@H](O[C@H]4[C@H](O)[C@@H](O)[C@H](O)O[C@@H]4CO)[C@@H]3O)[C@@H]2O)O[C@H](CO)[C@@H](O[C@@H]2O[C@H](CO)[C@H](O)[C@H](O[C@]3(C(=O)O)C[C@H](O)[C@@H](NC(C)=O)[C@H]([C@H](O)[C@H](O)CO)O3)[C@H]2O)[C@@H]1O. The number of hydrogen-bond donors (Lipinski definition) is 33. The molecule has 9 fully saturated rings. The maximum absolute atomic E-state index is 13.3.